The Balaban J connectivity index is 2.66. The number of nitrogens with one attached hydrogen (secondary N) is 1. The third-order valence-corrected chi connectivity index (χ3v) is 2.54. The normalized spacial score (nSPS) is 11.4. The van der Waals surface area contributed by atoms with Gasteiger partial charge in [0.1, 0.15) is 5.60 Å². The first kappa shape index (κ1) is 14.7. The highest BCUT2D eigenvalue weighted by Gasteiger charge is 2.20. The molecule has 0 fully saturated rings. The monoisotopic (exact) mass is 251 g/mol. The molecule has 0 heterocycles. The van der Waals surface area contributed by atoms with Gasteiger partial charge in [0.05, 0.1) is 6.61 Å². The van der Waals surface area contributed by atoms with Crippen molar-refractivity contribution in [3.8, 4) is 0 Å². The van der Waals surface area contributed by atoms with Gasteiger partial charge in [0.25, 0.3) is 5.91 Å². The van der Waals surface area contributed by atoms with Crippen LogP contribution in [0.25, 0.3) is 0 Å². The summed E-state index contributed by atoms with van der Waals surface area (Å²) in [4.78, 5) is 17.3. The average Bonchev–Trinajstić information content (AvgIpc) is 2.26. The predicted molar refractivity (Wildman–Crippen MR) is 70.4 cm³/mol. The van der Waals surface area contributed by atoms with Crippen LogP contribution in [0, 0.1) is 13.8 Å². The van der Waals surface area contributed by atoms with Gasteiger partial charge in [0.15, 0.2) is 0 Å². The molecule has 1 N–H and O–H groups in total. The average molecular weight is 251 g/mol. The Morgan fingerprint density at radius 1 is 1.33 bits per heavy atom. The van der Waals surface area contributed by atoms with Gasteiger partial charge in [0, 0.05) is 12.7 Å². The molecule has 0 bridgehead atoms. The van der Waals surface area contributed by atoms with Crippen LogP contribution < -0.4 is 5.48 Å². The largest absolute Gasteiger partial charge is 0.382 e. The van der Waals surface area contributed by atoms with Gasteiger partial charge in [-0.05, 0) is 39.3 Å². The van der Waals surface area contributed by atoms with Crippen molar-refractivity contribution in [3.63, 3.8) is 0 Å². The van der Waals surface area contributed by atoms with Crippen molar-refractivity contribution >= 4 is 5.91 Å². The molecule has 0 saturated carbocycles. The number of carbonyl (C=O) groups is 1. The van der Waals surface area contributed by atoms with Crippen LogP contribution in [0.1, 0.15) is 35.3 Å². The topological polar surface area (TPSA) is 47.6 Å². The lowest BCUT2D eigenvalue weighted by Gasteiger charge is -2.23. The summed E-state index contributed by atoms with van der Waals surface area (Å²) in [5, 5.41) is 0. The summed E-state index contributed by atoms with van der Waals surface area (Å²) in [6, 6.07) is 5.67. The number of benzene rings is 1. The quantitative estimate of drug-likeness (QED) is 0.817. The Morgan fingerprint density at radius 2 is 2.00 bits per heavy atom. The molecule has 100 valence electrons. The summed E-state index contributed by atoms with van der Waals surface area (Å²) in [5.41, 5.74) is 4.59. The van der Waals surface area contributed by atoms with E-state index in [9.17, 15) is 4.79 Å². The summed E-state index contributed by atoms with van der Waals surface area (Å²) >= 11 is 0. The van der Waals surface area contributed by atoms with Gasteiger partial charge in [-0.25, -0.2) is 5.48 Å². The maximum absolute atomic E-state index is 12.0. The van der Waals surface area contributed by atoms with Crippen LogP contribution in [-0.2, 0) is 9.57 Å². The number of methoxy groups -OCH3 is 1. The molecule has 0 aliphatic rings. The van der Waals surface area contributed by atoms with E-state index in [0.29, 0.717) is 12.2 Å². The molecule has 0 aliphatic carbocycles. The summed E-state index contributed by atoms with van der Waals surface area (Å²) in [6.45, 7) is 7.99. The van der Waals surface area contributed by atoms with Crippen molar-refractivity contribution in [1.82, 2.24) is 5.48 Å². The number of hydroxylamine groups is 1. The van der Waals surface area contributed by atoms with Gasteiger partial charge in [-0.15, -0.1) is 0 Å². The molecular formula is C14H21NO3. The molecule has 0 spiro atoms. The molecule has 0 aliphatic heterocycles. The molecule has 0 aromatic heterocycles. The Morgan fingerprint density at radius 3 is 2.56 bits per heavy atom. The molecule has 18 heavy (non-hydrogen) atoms. The van der Waals surface area contributed by atoms with E-state index in [-0.39, 0.29) is 5.91 Å². The van der Waals surface area contributed by atoms with E-state index in [2.05, 4.69) is 5.48 Å². The highest BCUT2D eigenvalue weighted by molar-refractivity contribution is 5.94. The molecule has 4 heteroatoms. The van der Waals surface area contributed by atoms with E-state index in [1.54, 1.807) is 13.2 Å². The van der Waals surface area contributed by atoms with Crippen LogP contribution in [0.4, 0.5) is 0 Å². The zero-order valence-electron chi connectivity index (χ0n) is 11.7. The van der Waals surface area contributed by atoms with E-state index in [1.165, 1.54) is 0 Å². The number of hydrogen-bond donors (Lipinski definition) is 1. The first-order valence-corrected chi connectivity index (χ1v) is 5.90. The molecule has 0 unspecified atom stereocenters. The van der Waals surface area contributed by atoms with Gasteiger partial charge in [-0.2, -0.15) is 0 Å². The van der Waals surface area contributed by atoms with Crippen molar-refractivity contribution < 1.29 is 14.4 Å². The Hall–Kier alpha value is -1.39. The third-order valence-electron chi connectivity index (χ3n) is 2.54. The minimum Gasteiger partial charge on any atom is -0.382 e. The van der Waals surface area contributed by atoms with E-state index >= 15 is 0 Å². The lowest BCUT2D eigenvalue weighted by Crippen LogP contribution is -2.39. The SMILES string of the molecule is COCC(C)(C)ONC(=O)c1ccc(C)cc1C. The molecule has 4 nitrogen and oxygen atoms in total. The van der Waals surface area contributed by atoms with E-state index in [0.717, 1.165) is 11.1 Å². The molecule has 1 amide bonds. The molecule has 0 saturated heterocycles. The van der Waals surface area contributed by atoms with Crippen molar-refractivity contribution in [2.24, 2.45) is 0 Å². The van der Waals surface area contributed by atoms with Gasteiger partial charge < -0.3 is 4.74 Å². The van der Waals surface area contributed by atoms with Crippen LogP contribution in [0.15, 0.2) is 18.2 Å². The first-order chi connectivity index (χ1) is 8.35. The van der Waals surface area contributed by atoms with E-state index in [1.807, 2.05) is 39.8 Å². The Bertz CT molecular complexity index is 427. The van der Waals surface area contributed by atoms with Crippen molar-refractivity contribution in [2.45, 2.75) is 33.3 Å². The molecule has 0 radical (unpaired) electrons. The standard InChI is InChI=1S/C14H21NO3/c1-10-6-7-12(11(2)8-10)13(16)15-18-14(3,4)9-17-5/h6-8H,9H2,1-5H3,(H,15,16). The second kappa shape index (κ2) is 5.98. The zero-order valence-corrected chi connectivity index (χ0v) is 11.7. The number of hydrogen-bond acceptors (Lipinski definition) is 3. The molecule has 1 rings (SSSR count). The summed E-state index contributed by atoms with van der Waals surface area (Å²) < 4.78 is 5.01. The maximum Gasteiger partial charge on any atom is 0.275 e. The fraction of sp³-hybridized carbons (Fsp3) is 0.500. The van der Waals surface area contributed by atoms with Crippen LogP contribution in [0.2, 0.25) is 0 Å². The van der Waals surface area contributed by atoms with Crippen LogP contribution in [-0.4, -0.2) is 25.2 Å². The molecule has 0 atom stereocenters. The van der Waals surface area contributed by atoms with Crippen LogP contribution in [0.5, 0.6) is 0 Å². The highest BCUT2D eigenvalue weighted by Crippen LogP contribution is 2.12. The molecule has 1 aromatic carbocycles. The fourth-order valence-corrected chi connectivity index (χ4v) is 1.68. The Kier molecular flexibility index (Phi) is 4.87. The van der Waals surface area contributed by atoms with Crippen molar-refractivity contribution in [3.05, 3.63) is 34.9 Å². The van der Waals surface area contributed by atoms with Crippen molar-refractivity contribution in [1.29, 1.82) is 0 Å². The highest BCUT2D eigenvalue weighted by atomic mass is 16.7. The van der Waals surface area contributed by atoms with Crippen LogP contribution in [0.3, 0.4) is 0 Å². The number of carbonyl (C=O) groups excluding carboxylic acids is 1. The second-order valence-electron chi connectivity index (χ2n) is 5.04. The number of amides is 1. The summed E-state index contributed by atoms with van der Waals surface area (Å²) in [7, 11) is 1.59. The fourth-order valence-electron chi connectivity index (χ4n) is 1.68. The smallest absolute Gasteiger partial charge is 0.275 e. The maximum atomic E-state index is 12.0. The minimum atomic E-state index is -0.553. The lowest BCUT2D eigenvalue weighted by atomic mass is 10.1. The number of aryl methyl sites for hydroxylation is 2. The van der Waals surface area contributed by atoms with Gasteiger partial charge in [0.2, 0.25) is 0 Å². The number of ether oxygens (including phenoxy) is 1. The lowest BCUT2D eigenvalue weighted by molar-refractivity contribution is -0.103. The minimum absolute atomic E-state index is 0.239. The van der Waals surface area contributed by atoms with Gasteiger partial charge in [-0.1, -0.05) is 17.7 Å². The summed E-state index contributed by atoms with van der Waals surface area (Å²) in [6.07, 6.45) is 0. The second-order valence-corrected chi connectivity index (χ2v) is 5.04. The van der Waals surface area contributed by atoms with E-state index in [4.69, 9.17) is 9.57 Å². The molecule has 1 aromatic rings. The van der Waals surface area contributed by atoms with Gasteiger partial charge in [-0.3, -0.25) is 9.63 Å². The van der Waals surface area contributed by atoms with Crippen molar-refractivity contribution in [2.75, 3.05) is 13.7 Å². The Labute approximate surface area is 108 Å². The number of rotatable bonds is 5. The first-order valence-electron chi connectivity index (χ1n) is 5.90. The third kappa shape index (κ3) is 4.13. The van der Waals surface area contributed by atoms with E-state index < -0.39 is 5.60 Å². The van der Waals surface area contributed by atoms with Crippen LogP contribution >= 0.6 is 0 Å². The zero-order chi connectivity index (χ0) is 13.8. The summed E-state index contributed by atoms with van der Waals surface area (Å²) in [5.74, 6) is -0.239. The predicted octanol–water partition coefficient (Wildman–Crippen LogP) is 2.39. The molecular weight excluding hydrogens is 230 g/mol. The van der Waals surface area contributed by atoms with Gasteiger partial charge >= 0.3 is 0 Å².